The van der Waals surface area contributed by atoms with Crippen molar-refractivity contribution in [2.75, 3.05) is 18.4 Å². The number of benzene rings is 1. The molecule has 1 rings (SSSR count). The van der Waals surface area contributed by atoms with Gasteiger partial charge in [-0.05, 0) is 45.5 Å². The van der Waals surface area contributed by atoms with E-state index >= 15 is 0 Å². The Morgan fingerprint density at radius 1 is 1.50 bits per heavy atom. The standard InChI is InChI=1S/C15H23FN2O2/c1-5-18(10-15(3,4)20)11(2)14(19)17-13-8-6-7-12(16)9-13/h6-9,11,20H,5,10H2,1-4H3,(H,17,19). The molecule has 0 aliphatic rings. The normalized spacial score (nSPS) is 13.3. The Labute approximate surface area is 119 Å². The number of aliphatic hydroxyl groups is 1. The fourth-order valence-electron chi connectivity index (χ4n) is 2.00. The van der Waals surface area contributed by atoms with Crippen molar-refractivity contribution >= 4 is 11.6 Å². The van der Waals surface area contributed by atoms with Gasteiger partial charge in [-0.3, -0.25) is 9.69 Å². The van der Waals surface area contributed by atoms with Gasteiger partial charge in [-0.2, -0.15) is 0 Å². The maximum absolute atomic E-state index is 13.1. The molecule has 112 valence electrons. The molecule has 0 bridgehead atoms. The van der Waals surface area contributed by atoms with Gasteiger partial charge >= 0.3 is 0 Å². The number of likely N-dealkylation sites (N-methyl/N-ethyl adjacent to an activating group) is 1. The van der Waals surface area contributed by atoms with E-state index in [1.165, 1.54) is 12.1 Å². The van der Waals surface area contributed by atoms with Crippen molar-refractivity contribution in [3.05, 3.63) is 30.1 Å². The van der Waals surface area contributed by atoms with Crippen molar-refractivity contribution in [3.8, 4) is 0 Å². The van der Waals surface area contributed by atoms with Crippen LogP contribution < -0.4 is 5.32 Å². The highest BCUT2D eigenvalue weighted by molar-refractivity contribution is 5.94. The first-order valence-electron chi connectivity index (χ1n) is 6.76. The molecular weight excluding hydrogens is 259 g/mol. The lowest BCUT2D eigenvalue weighted by molar-refractivity contribution is -0.121. The second kappa shape index (κ2) is 6.81. The molecule has 0 saturated carbocycles. The number of nitrogens with one attached hydrogen (secondary N) is 1. The summed E-state index contributed by atoms with van der Waals surface area (Å²) in [5.74, 6) is -0.610. The average Bonchev–Trinajstić information content (AvgIpc) is 2.34. The summed E-state index contributed by atoms with van der Waals surface area (Å²) in [4.78, 5) is 14.0. The fourth-order valence-corrected chi connectivity index (χ4v) is 2.00. The van der Waals surface area contributed by atoms with Gasteiger partial charge in [0.05, 0.1) is 11.6 Å². The maximum Gasteiger partial charge on any atom is 0.241 e. The highest BCUT2D eigenvalue weighted by Gasteiger charge is 2.25. The Morgan fingerprint density at radius 3 is 2.65 bits per heavy atom. The number of nitrogens with zero attached hydrogens (tertiary/aromatic N) is 1. The van der Waals surface area contributed by atoms with Crippen molar-refractivity contribution in [3.63, 3.8) is 0 Å². The number of rotatable bonds is 6. The Bertz CT molecular complexity index is 457. The Morgan fingerprint density at radius 2 is 2.15 bits per heavy atom. The van der Waals surface area contributed by atoms with E-state index < -0.39 is 11.6 Å². The quantitative estimate of drug-likeness (QED) is 0.841. The smallest absolute Gasteiger partial charge is 0.241 e. The van der Waals surface area contributed by atoms with Crippen molar-refractivity contribution in [1.82, 2.24) is 4.90 Å². The predicted molar refractivity (Wildman–Crippen MR) is 78.0 cm³/mol. The Kier molecular flexibility index (Phi) is 5.65. The summed E-state index contributed by atoms with van der Waals surface area (Å²) in [6, 6.07) is 5.38. The van der Waals surface area contributed by atoms with E-state index in [4.69, 9.17) is 0 Å². The zero-order valence-electron chi connectivity index (χ0n) is 12.5. The van der Waals surface area contributed by atoms with Crippen molar-refractivity contribution in [1.29, 1.82) is 0 Å². The van der Waals surface area contributed by atoms with E-state index in [1.807, 2.05) is 11.8 Å². The number of carbonyl (C=O) groups is 1. The summed E-state index contributed by atoms with van der Waals surface area (Å²) < 4.78 is 13.1. The molecule has 1 amide bonds. The number of halogens is 1. The molecule has 1 unspecified atom stereocenters. The van der Waals surface area contributed by atoms with Gasteiger partial charge in [-0.15, -0.1) is 0 Å². The van der Waals surface area contributed by atoms with Crippen molar-refractivity contribution in [2.24, 2.45) is 0 Å². The number of carbonyl (C=O) groups excluding carboxylic acids is 1. The van der Waals surface area contributed by atoms with E-state index in [2.05, 4.69) is 5.32 Å². The van der Waals surface area contributed by atoms with Gasteiger partial charge in [0.25, 0.3) is 0 Å². The summed E-state index contributed by atoms with van der Waals surface area (Å²) in [7, 11) is 0. The molecule has 0 fully saturated rings. The first-order valence-corrected chi connectivity index (χ1v) is 6.76. The second-order valence-electron chi connectivity index (χ2n) is 5.55. The molecule has 2 N–H and O–H groups in total. The zero-order chi connectivity index (χ0) is 15.3. The van der Waals surface area contributed by atoms with Crippen LogP contribution in [0.15, 0.2) is 24.3 Å². The molecule has 0 heterocycles. The fraction of sp³-hybridized carbons (Fsp3) is 0.533. The summed E-state index contributed by atoms with van der Waals surface area (Å²) in [6.07, 6.45) is 0. The minimum atomic E-state index is -0.872. The van der Waals surface area contributed by atoms with Crippen LogP contribution in [0.5, 0.6) is 0 Å². The molecule has 1 aromatic carbocycles. The third-order valence-corrected chi connectivity index (χ3v) is 3.02. The summed E-state index contributed by atoms with van der Waals surface area (Å²) in [6.45, 7) is 8.13. The van der Waals surface area contributed by atoms with Gasteiger partial charge in [0.1, 0.15) is 5.82 Å². The van der Waals surface area contributed by atoms with Crippen molar-refractivity contribution in [2.45, 2.75) is 39.3 Å². The third kappa shape index (κ3) is 5.27. The third-order valence-electron chi connectivity index (χ3n) is 3.02. The van der Waals surface area contributed by atoms with Crippen LogP contribution in [0.25, 0.3) is 0 Å². The SMILES string of the molecule is CCN(CC(C)(C)O)C(C)C(=O)Nc1cccc(F)c1. The van der Waals surface area contributed by atoms with Crippen LogP contribution in [0.1, 0.15) is 27.7 Å². The number of anilines is 1. The molecule has 1 aromatic rings. The van der Waals surface area contributed by atoms with Gasteiger partial charge < -0.3 is 10.4 Å². The van der Waals surface area contributed by atoms with Gasteiger partial charge in [0, 0.05) is 12.2 Å². The molecule has 1 atom stereocenters. The van der Waals surface area contributed by atoms with Crippen LogP contribution in [0, 0.1) is 5.82 Å². The average molecular weight is 282 g/mol. The molecule has 0 aliphatic heterocycles. The molecule has 5 heteroatoms. The largest absolute Gasteiger partial charge is 0.389 e. The Balaban J connectivity index is 2.70. The second-order valence-corrected chi connectivity index (χ2v) is 5.55. The van der Waals surface area contributed by atoms with Crippen LogP contribution in [-0.4, -0.2) is 40.6 Å². The van der Waals surface area contributed by atoms with Crippen molar-refractivity contribution < 1.29 is 14.3 Å². The van der Waals surface area contributed by atoms with Gasteiger partial charge in [-0.1, -0.05) is 13.0 Å². The molecule has 4 nitrogen and oxygen atoms in total. The zero-order valence-corrected chi connectivity index (χ0v) is 12.5. The number of hydrogen-bond acceptors (Lipinski definition) is 3. The van der Waals surface area contributed by atoms with Crippen LogP contribution in [0.3, 0.4) is 0 Å². The lowest BCUT2D eigenvalue weighted by Crippen LogP contribution is -2.48. The van der Waals surface area contributed by atoms with Gasteiger partial charge in [0.2, 0.25) is 5.91 Å². The molecule has 0 saturated heterocycles. The van der Waals surface area contributed by atoms with E-state index in [0.717, 1.165) is 0 Å². The first kappa shape index (κ1) is 16.6. The lowest BCUT2D eigenvalue weighted by Gasteiger charge is -2.32. The molecule has 0 aliphatic carbocycles. The topological polar surface area (TPSA) is 52.6 Å². The van der Waals surface area contributed by atoms with Gasteiger partial charge in [0.15, 0.2) is 0 Å². The highest BCUT2D eigenvalue weighted by Crippen LogP contribution is 2.13. The summed E-state index contributed by atoms with van der Waals surface area (Å²) in [5.41, 5.74) is -0.440. The molecular formula is C15H23FN2O2. The van der Waals surface area contributed by atoms with E-state index in [0.29, 0.717) is 18.8 Å². The minimum absolute atomic E-state index is 0.221. The maximum atomic E-state index is 13.1. The number of hydrogen-bond donors (Lipinski definition) is 2. The summed E-state index contributed by atoms with van der Waals surface area (Å²) >= 11 is 0. The first-order chi connectivity index (χ1) is 9.23. The number of amides is 1. The Hall–Kier alpha value is -1.46. The van der Waals surface area contributed by atoms with E-state index in [9.17, 15) is 14.3 Å². The van der Waals surface area contributed by atoms with Crippen LogP contribution in [-0.2, 0) is 4.79 Å². The van der Waals surface area contributed by atoms with E-state index in [-0.39, 0.29) is 11.7 Å². The monoisotopic (exact) mass is 282 g/mol. The minimum Gasteiger partial charge on any atom is -0.389 e. The predicted octanol–water partition coefficient (Wildman–Crippen LogP) is 2.25. The highest BCUT2D eigenvalue weighted by atomic mass is 19.1. The lowest BCUT2D eigenvalue weighted by atomic mass is 10.1. The molecule has 20 heavy (non-hydrogen) atoms. The van der Waals surface area contributed by atoms with Crippen LogP contribution >= 0.6 is 0 Å². The molecule has 0 radical (unpaired) electrons. The summed E-state index contributed by atoms with van der Waals surface area (Å²) in [5, 5.41) is 12.5. The van der Waals surface area contributed by atoms with E-state index in [1.54, 1.807) is 32.9 Å². The molecule has 0 spiro atoms. The van der Waals surface area contributed by atoms with Crippen LogP contribution in [0.4, 0.5) is 10.1 Å². The molecule has 0 aromatic heterocycles. The van der Waals surface area contributed by atoms with Crippen LogP contribution in [0.2, 0.25) is 0 Å². The van der Waals surface area contributed by atoms with Gasteiger partial charge in [-0.25, -0.2) is 4.39 Å².